The van der Waals surface area contributed by atoms with Gasteiger partial charge in [-0.25, -0.2) is 0 Å². The Labute approximate surface area is 163 Å². The summed E-state index contributed by atoms with van der Waals surface area (Å²) in [7, 11) is 0. The monoisotopic (exact) mass is 409 g/mol. The van der Waals surface area contributed by atoms with Crippen molar-refractivity contribution >= 4 is 23.2 Å². The highest BCUT2D eigenvalue weighted by molar-refractivity contribution is 6.33. The number of nitrogens with one attached hydrogen (secondary N) is 1. The number of carbonyl (C=O) groups is 1. The summed E-state index contributed by atoms with van der Waals surface area (Å²) in [6, 6.07) is 11.9. The van der Waals surface area contributed by atoms with Crippen molar-refractivity contribution in [2.75, 3.05) is 5.32 Å². The van der Waals surface area contributed by atoms with Crippen LogP contribution in [0.1, 0.15) is 24.3 Å². The first-order chi connectivity index (χ1) is 13.3. The fourth-order valence-corrected chi connectivity index (χ4v) is 2.78. The maximum absolute atomic E-state index is 13.0. The van der Waals surface area contributed by atoms with E-state index in [0.29, 0.717) is 35.1 Å². The van der Waals surface area contributed by atoms with Crippen LogP contribution in [0.25, 0.3) is 11.4 Å². The van der Waals surface area contributed by atoms with Gasteiger partial charge in [0.25, 0.3) is 0 Å². The van der Waals surface area contributed by atoms with Crippen LogP contribution in [-0.4, -0.2) is 16.0 Å². The van der Waals surface area contributed by atoms with Crippen LogP contribution in [0.3, 0.4) is 0 Å². The fourth-order valence-electron chi connectivity index (χ4n) is 2.56. The molecule has 1 amide bonds. The molecule has 3 aromatic rings. The van der Waals surface area contributed by atoms with Crippen LogP contribution < -0.4 is 5.32 Å². The Bertz CT molecular complexity index is 973. The zero-order valence-corrected chi connectivity index (χ0v) is 15.2. The maximum Gasteiger partial charge on any atom is 0.418 e. The van der Waals surface area contributed by atoms with Gasteiger partial charge in [0.05, 0.1) is 16.3 Å². The van der Waals surface area contributed by atoms with Crippen LogP contribution >= 0.6 is 11.6 Å². The Morgan fingerprint density at radius 2 is 1.82 bits per heavy atom. The van der Waals surface area contributed by atoms with Crippen LogP contribution in [0.15, 0.2) is 53.1 Å². The number of aromatic nitrogens is 2. The summed E-state index contributed by atoms with van der Waals surface area (Å²) >= 11 is 6.08. The van der Waals surface area contributed by atoms with Crippen LogP contribution in [0.5, 0.6) is 0 Å². The van der Waals surface area contributed by atoms with Crippen molar-refractivity contribution in [1.29, 1.82) is 0 Å². The van der Waals surface area contributed by atoms with Gasteiger partial charge in [-0.1, -0.05) is 41.0 Å². The molecule has 0 bridgehead atoms. The van der Waals surface area contributed by atoms with Gasteiger partial charge in [-0.15, -0.1) is 0 Å². The molecule has 9 heteroatoms. The minimum absolute atomic E-state index is 0.00992. The fraction of sp³-hybridized carbons (Fsp3) is 0.211. The van der Waals surface area contributed by atoms with Crippen molar-refractivity contribution in [1.82, 2.24) is 10.1 Å². The Morgan fingerprint density at radius 1 is 1.11 bits per heavy atom. The van der Waals surface area contributed by atoms with Crippen LogP contribution in [0, 0.1) is 0 Å². The van der Waals surface area contributed by atoms with E-state index in [1.54, 1.807) is 24.3 Å². The lowest BCUT2D eigenvalue weighted by atomic mass is 10.1. The van der Waals surface area contributed by atoms with Gasteiger partial charge in [-0.3, -0.25) is 4.79 Å². The van der Waals surface area contributed by atoms with E-state index < -0.39 is 17.6 Å². The Hall–Kier alpha value is -2.87. The van der Waals surface area contributed by atoms with Gasteiger partial charge in [0.15, 0.2) is 0 Å². The summed E-state index contributed by atoms with van der Waals surface area (Å²) in [5, 5.41) is 6.64. The van der Waals surface area contributed by atoms with Crippen molar-refractivity contribution in [3.8, 4) is 11.4 Å². The van der Waals surface area contributed by atoms with Gasteiger partial charge in [0.1, 0.15) is 0 Å². The maximum atomic E-state index is 13.0. The molecule has 0 aliphatic rings. The topological polar surface area (TPSA) is 68.0 Å². The second-order valence-electron chi connectivity index (χ2n) is 5.94. The Morgan fingerprint density at radius 3 is 2.57 bits per heavy atom. The van der Waals surface area contributed by atoms with E-state index in [1.807, 2.05) is 0 Å². The summed E-state index contributed by atoms with van der Waals surface area (Å²) < 4.78 is 44.0. The number of nitrogens with zero attached hydrogens (tertiary/aromatic N) is 2. The molecule has 2 aromatic carbocycles. The molecule has 3 rings (SSSR count). The van der Waals surface area contributed by atoms with E-state index in [2.05, 4.69) is 15.5 Å². The smallest absolute Gasteiger partial charge is 0.339 e. The SMILES string of the molecule is O=C(CCCc1nc(-c2ccccc2Cl)no1)Nc1ccccc1C(F)(F)F. The van der Waals surface area contributed by atoms with Gasteiger partial charge < -0.3 is 9.84 Å². The zero-order chi connectivity index (χ0) is 20.1. The summed E-state index contributed by atoms with van der Waals surface area (Å²) in [6.45, 7) is 0. The van der Waals surface area contributed by atoms with Gasteiger partial charge in [0, 0.05) is 18.4 Å². The molecule has 0 radical (unpaired) electrons. The molecular weight excluding hydrogens is 395 g/mol. The number of aryl methyl sites for hydroxylation is 1. The number of halogens is 4. The number of hydrogen-bond acceptors (Lipinski definition) is 4. The molecule has 0 atom stereocenters. The average molecular weight is 410 g/mol. The van der Waals surface area contributed by atoms with E-state index >= 15 is 0 Å². The van der Waals surface area contributed by atoms with E-state index in [4.69, 9.17) is 16.1 Å². The highest BCUT2D eigenvalue weighted by atomic mass is 35.5. The van der Waals surface area contributed by atoms with Gasteiger partial charge in [0.2, 0.25) is 17.6 Å². The normalized spacial score (nSPS) is 11.4. The number of amides is 1. The quantitative estimate of drug-likeness (QED) is 0.594. The molecule has 0 saturated carbocycles. The Kier molecular flexibility index (Phi) is 5.99. The molecule has 146 valence electrons. The summed E-state index contributed by atoms with van der Waals surface area (Å²) in [4.78, 5) is 16.2. The van der Waals surface area contributed by atoms with Gasteiger partial charge in [-0.2, -0.15) is 18.2 Å². The van der Waals surface area contributed by atoms with Gasteiger partial charge >= 0.3 is 6.18 Å². The number of anilines is 1. The van der Waals surface area contributed by atoms with Gasteiger partial charge in [-0.05, 0) is 30.7 Å². The Balaban J connectivity index is 1.55. The van der Waals surface area contributed by atoms with Crippen LogP contribution in [-0.2, 0) is 17.4 Å². The molecule has 1 heterocycles. The first kappa shape index (κ1) is 19.9. The summed E-state index contributed by atoms with van der Waals surface area (Å²) in [5.74, 6) is 0.130. The molecule has 0 aliphatic heterocycles. The third-order valence-electron chi connectivity index (χ3n) is 3.88. The average Bonchev–Trinajstić information content (AvgIpc) is 3.10. The van der Waals surface area contributed by atoms with Crippen LogP contribution in [0.2, 0.25) is 5.02 Å². The highest BCUT2D eigenvalue weighted by Gasteiger charge is 2.33. The molecule has 0 spiro atoms. The van der Waals surface area contributed by atoms with Crippen LogP contribution in [0.4, 0.5) is 18.9 Å². The summed E-state index contributed by atoms with van der Waals surface area (Å²) in [5.41, 5.74) is -0.524. The number of alkyl halides is 3. The minimum atomic E-state index is -4.54. The third kappa shape index (κ3) is 4.89. The van der Waals surface area contributed by atoms with Crippen molar-refractivity contribution < 1.29 is 22.5 Å². The molecule has 0 saturated heterocycles. The van der Waals surface area contributed by atoms with E-state index in [9.17, 15) is 18.0 Å². The standard InChI is InChI=1S/C19H15ClF3N3O2/c20-14-8-3-1-6-12(14)18-25-17(28-26-18)11-5-10-16(27)24-15-9-4-2-7-13(15)19(21,22)23/h1-4,6-9H,5,10-11H2,(H,24,27). The lowest BCUT2D eigenvalue weighted by Gasteiger charge is -2.13. The molecular formula is C19H15ClF3N3O2. The van der Waals surface area contributed by atoms with E-state index in [1.165, 1.54) is 18.2 Å². The number of rotatable bonds is 6. The highest BCUT2D eigenvalue weighted by Crippen LogP contribution is 2.34. The number of benzene rings is 2. The predicted molar refractivity (Wildman–Crippen MR) is 97.8 cm³/mol. The number of hydrogen-bond donors (Lipinski definition) is 1. The minimum Gasteiger partial charge on any atom is -0.339 e. The van der Waals surface area contributed by atoms with E-state index in [0.717, 1.165) is 6.07 Å². The largest absolute Gasteiger partial charge is 0.418 e. The lowest BCUT2D eigenvalue weighted by Crippen LogP contribution is -2.16. The first-order valence-electron chi connectivity index (χ1n) is 8.38. The number of carbonyl (C=O) groups excluding carboxylic acids is 1. The molecule has 1 N–H and O–H groups in total. The molecule has 0 unspecified atom stereocenters. The molecule has 0 fully saturated rings. The molecule has 5 nitrogen and oxygen atoms in total. The number of para-hydroxylation sites is 1. The van der Waals surface area contributed by atoms with Crippen molar-refractivity contribution in [3.63, 3.8) is 0 Å². The van der Waals surface area contributed by atoms with Crippen molar-refractivity contribution in [3.05, 3.63) is 65.0 Å². The summed E-state index contributed by atoms with van der Waals surface area (Å²) in [6.07, 6.45) is -3.88. The second kappa shape index (κ2) is 8.43. The molecule has 28 heavy (non-hydrogen) atoms. The van der Waals surface area contributed by atoms with E-state index in [-0.39, 0.29) is 12.1 Å². The van der Waals surface area contributed by atoms with Crippen molar-refractivity contribution in [2.24, 2.45) is 0 Å². The second-order valence-corrected chi connectivity index (χ2v) is 6.34. The lowest BCUT2D eigenvalue weighted by molar-refractivity contribution is -0.137. The third-order valence-corrected chi connectivity index (χ3v) is 4.21. The predicted octanol–water partition coefficient (Wildman–Crippen LogP) is 5.37. The van der Waals surface area contributed by atoms with Crippen molar-refractivity contribution in [2.45, 2.75) is 25.4 Å². The first-order valence-corrected chi connectivity index (χ1v) is 8.76. The molecule has 0 aliphatic carbocycles. The molecule has 1 aromatic heterocycles. The zero-order valence-electron chi connectivity index (χ0n) is 14.5.